The summed E-state index contributed by atoms with van der Waals surface area (Å²) in [5, 5.41) is 50.9. The van der Waals surface area contributed by atoms with Gasteiger partial charge in [-0.05, 0) is 11.1 Å². The Hall–Kier alpha value is -2.71. The largest absolute Gasteiger partial charge is 0.524 e. The van der Waals surface area contributed by atoms with Crippen LogP contribution in [-0.4, -0.2) is 129 Å². The number of nitrogens with zero attached hydrogens (tertiary/aromatic N) is 2. The van der Waals surface area contributed by atoms with Crippen LogP contribution in [0, 0.1) is 0 Å². The van der Waals surface area contributed by atoms with Crippen LogP contribution in [0.15, 0.2) is 78.9 Å². The molecule has 3 rings (SSSR count). The van der Waals surface area contributed by atoms with Crippen molar-refractivity contribution in [2.24, 2.45) is 0 Å². The second-order valence-electron chi connectivity index (χ2n) is 10.6. The molecule has 0 radical (unpaired) electrons. The lowest BCUT2D eigenvalue weighted by atomic mass is 9.86. The Labute approximate surface area is 278 Å². The summed E-state index contributed by atoms with van der Waals surface area (Å²) in [4.78, 5) is 22.6. The number of benzene rings is 3. The van der Waals surface area contributed by atoms with Crippen molar-refractivity contribution >= 4 is 7.82 Å². The van der Waals surface area contributed by atoms with Crippen molar-refractivity contribution in [1.29, 1.82) is 0 Å². The van der Waals surface area contributed by atoms with Gasteiger partial charge in [0.15, 0.2) is 0 Å². The standard InChI is InChI=1S/C22H23O4P.2C6H15NO3/c1-16(18-10-5-3-6-11-18)20-14-9-15-21(22(20)26-27(23,24)25)17(2)19-12-7-4-8-13-19;2*8-4-1-7(2-5-9)3-6-10/h3-17H,1-2H3,(H2,23,24,25);2*8-10H,1-6H2. The Balaban J connectivity index is 0.000000455. The van der Waals surface area contributed by atoms with Gasteiger partial charge in [-0.25, -0.2) is 4.57 Å². The van der Waals surface area contributed by atoms with Gasteiger partial charge in [0.2, 0.25) is 0 Å². The van der Waals surface area contributed by atoms with Crippen molar-refractivity contribution in [3.8, 4) is 5.75 Å². The smallest absolute Gasteiger partial charge is 0.404 e. The van der Waals surface area contributed by atoms with E-state index in [4.69, 9.17) is 35.2 Å². The van der Waals surface area contributed by atoms with Crippen molar-refractivity contribution < 1.29 is 49.5 Å². The molecule has 2 unspecified atom stereocenters. The monoisotopic (exact) mass is 680 g/mol. The van der Waals surface area contributed by atoms with E-state index in [1.807, 2.05) is 92.7 Å². The first-order chi connectivity index (χ1) is 22.6. The van der Waals surface area contributed by atoms with E-state index in [0.29, 0.717) is 39.3 Å². The molecule has 0 spiro atoms. The van der Waals surface area contributed by atoms with E-state index >= 15 is 0 Å². The molecule has 8 N–H and O–H groups in total. The van der Waals surface area contributed by atoms with Crippen LogP contribution in [0.3, 0.4) is 0 Å². The van der Waals surface area contributed by atoms with Crippen molar-refractivity contribution in [2.45, 2.75) is 25.7 Å². The summed E-state index contributed by atoms with van der Waals surface area (Å²) in [5.74, 6) is 0.116. The van der Waals surface area contributed by atoms with Gasteiger partial charge >= 0.3 is 7.82 Å². The van der Waals surface area contributed by atoms with Crippen LogP contribution in [0.4, 0.5) is 0 Å². The summed E-state index contributed by atoms with van der Waals surface area (Å²) in [6.45, 7) is 7.52. The summed E-state index contributed by atoms with van der Waals surface area (Å²) in [6.07, 6.45) is 0. The Morgan fingerprint density at radius 2 is 0.830 bits per heavy atom. The van der Waals surface area contributed by atoms with E-state index in [9.17, 15) is 14.4 Å². The van der Waals surface area contributed by atoms with Gasteiger partial charge in [-0.15, -0.1) is 0 Å². The zero-order valence-electron chi connectivity index (χ0n) is 27.4. The molecular weight excluding hydrogens is 627 g/mol. The van der Waals surface area contributed by atoms with Crippen LogP contribution in [0.25, 0.3) is 0 Å². The highest BCUT2D eigenvalue weighted by Crippen LogP contribution is 2.46. The number of aliphatic hydroxyl groups excluding tert-OH is 6. The number of phosphoric ester groups is 1. The number of aliphatic hydroxyl groups is 6. The van der Waals surface area contributed by atoms with Crippen LogP contribution in [0.1, 0.15) is 47.9 Å². The van der Waals surface area contributed by atoms with Gasteiger partial charge in [0, 0.05) is 62.2 Å². The summed E-state index contributed by atoms with van der Waals surface area (Å²) >= 11 is 0. The molecule has 0 bridgehead atoms. The minimum atomic E-state index is -4.70. The molecule has 264 valence electrons. The summed E-state index contributed by atoms with van der Waals surface area (Å²) in [5.41, 5.74) is 3.62. The first-order valence-corrected chi connectivity index (χ1v) is 17.2. The van der Waals surface area contributed by atoms with Crippen molar-refractivity contribution in [3.63, 3.8) is 0 Å². The molecule has 0 aromatic heterocycles. The molecule has 0 saturated carbocycles. The fraction of sp³-hybridized carbons (Fsp3) is 0.471. The summed E-state index contributed by atoms with van der Waals surface area (Å²) in [7, 11) is -4.70. The molecule has 3 aromatic rings. The Bertz CT molecular complexity index is 1140. The molecule has 0 aliphatic rings. The molecule has 0 fully saturated rings. The van der Waals surface area contributed by atoms with Crippen molar-refractivity contribution in [1.82, 2.24) is 9.80 Å². The third kappa shape index (κ3) is 16.8. The van der Waals surface area contributed by atoms with Crippen molar-refractivity contribution in [2.75, 3.05) is 78.9 Å². The average Bonchev–Trinajstić information content (AvgIpc) is 3.06. The van der Waals surface area contributed by atoms with E-state index in [1.165, 1.54) is 0 Å². The Kier molecular flexibility index (Phi) is 22.0. The molecule has 0 heterocycles. The fourth-order valence-electron chi connectivity index (χ4n) is 4.84. The highest BCUT2D eigenvalue weighted by molar-refractivity contribution is 7.46. The van der Waals surface area contributed by atoms with Crippen molar-refractivity contribution in [3.05, 3.63) is 101 Å². The van der Waals surface area contributed by atoms with Gasteiger partial charge in [-0.1, -0.05) is 92.7 Å². The highest BCUT2D eigenvalue weighted by atomic mass is 31.2. The van der Waals surface area contributed by atoms with Gasteiger partial charge in [0.1, 0.15) is 5.75 Å². The average molecular weight is 681 g/mol. The summed E-state index contributed by atoms with van der Waals surface area (Å²) in [6, 6.07) is 25.3. The fourth-order valence-corrected chi connectivity index (χ4v) is 5.29. The lowest BCUT2D eigenvalue weighted by Gasteiger charge is -2.23. The van der Waals surface area contributed by atoms with Gasteiger partial charge in [-0.3, -0.25) is 19.6 Å². The Morgan fingerprint density at radius 1 is 0.532 bits per heavy atom. The SMILES string of the molecule is CC(c1ccccc1)c1cccc(C(C)c2ccccc2)c1OP(=O)(O)O.OCCN(CCO)CCO.OCCN(CCO)CCO. The second-order valence-corrected chi connectivity index (χ2v) is 11.8. The molecule has 47 heavy (non-hydrogen) atoms. The van der Waals surface area contributed by atoms with Crippen LogP contribution < -0.4 is 4.52 Å². The van der Waals surface area contributed by atoms with Crippen LogP contribution in [-0.2, 0) is 4.57 Å². The molecular formula is C34H53N2O10P. The van der Waals surface area contributed by atoms with Crippen LogP contribution >= 0.6 is 7.82 Å². The highest BCUT2D eigenvalue weighted by Gasteiger charge is 2.26. The van der Waals surface area contributed by atoms with Gasteiger partial charge < -0.3 is 35.2 Å². The predicted molar refractivity (Wildman–Crippen MR) is 182 cm³/mol. The van der Waals surface area contributed by atoms with E-state index in [-0.39, 0.29) is 57.2 Å². The quantitative estimate of drug-likeness (QED) is 0.0913. The molecule has 3 aromatic carbocycles. The predicted octanol–water partition coefficient (Wildman–Crippen LogP) is 1.99. The third-order valence-electron chi connectivity index (χ3n) is 7.32. The van der Waals surface area contributed by atoms with E-state index in [1.54, 1.807) is 9.80 Å². The van der Waals surface area contributed by atoms with Gasteiger partial charge in [-0.2, -0.15) is 0 Å². The lowest BCUT2D eigenvalue weighted by molar-refractivity contribution is 0.136. The topological polar surface area (TPSA) is 195 Å². The molecule has 0 aliphatic heterocycles. The first-order valence-electron chi connectivity index (χ1n) is 15.6. The number of rotatable bonds is 18. The van der Waals surface area contributed by atoms with Gasteiger partial charge in [0.25, 0.3) is 0 Å². The maximum absolute atomic E-state index is 11.7. The van der Waals surface area contributed by atoms with Crippen LogP contribution in [0.5, 0.6) is 5.75 Å². The minimum absolute atomic E-state index is 0.0694. The molecule has 13 heteroatoms. The first kappa shape index (κ1) is 42.3. The maximum Gasteiger partial charge on any atom is 0.524 e. The molecule has 0 amide bonds. The maximum atomic E-state index is 11.7. The molecule has 0 saturated heterocycles. The number of hydrogen-bond donors (Lipinski definition) is 8. The zero-order valence-corrected chi connectivity index (χ0v) is 28.3. The molecule has 12 nitrogen and oxygen atoms in total. The second kappa shape index (κ2) is 24.4. The van der Waals surface area contributed by atoms with E-state index in [0.717, 1.165) is 22.3 Å². The summed E-state index contributed by atoms with van der Waals surface area (Å²) < 4.78 is 16.9. The van der Waals surface area contributed by atoms with E-state index in [2.05, 4.69) is 0 Å². The normalized spacial score (nSPS) is 12.5. The third-order valence-corrected chi connectivity index (χ3v) is 7.74. The molecule has 0 aliphatic carbocycles. The number of para-hydroxylation sites is 1. The van der Waals surface area contributed by atoms with Gasteiger partial charge in [0.05, 0.1) is 39.6 Å². The Morgan fingerprint density at radius 3 is 1.09 bits per heavy atom. The lowest BCUT2D eigenvalue weighted by Crippen LogP contribution is -2.32. The minimum Gasteiger partial charge on any atom is -0.404 e. The number of phosphoric acid groups is 1. The van der Waals surface area contributed by atoms with E-state index < -0.39 is 7.82 Å². The number of hydrogen-bond acceptors (Lipinski definition) is 10. The molecule has 2 atom stereocenters. The zero-order chi connectivity index (χ0) is 35.1. The van der Waals surface area contributed by atoms with Crippen LogP contribution in [0.2, 0.25) is 0 Å².